The Balaban J connectivity index is 2.82. The van der Waals surface area contributed by atoms with Crippen molar-refractivity contribution in [2.45, 2.75) is 26.0 Å². The summed E-state index contributed by atoms with van der Waals surface area (Å²) in [5.74, 6) is 0. The lowest BCUT2D eigenvalue weighted by atomic mass is 10.0. The Morgan fingerprint density at radius 3 is 2.17 bits per heavy atom. The zero-order chi connectivity index (χ0) is 9.14. The maximum atomic E-state index is 9.56. The van der Waals surface area contributed by atoms with Crippen molar-refractivity contribution in [3.63, 3.8) is 0 Å². The molecule has 0 aliphatic carbocycles. The van der Waals surface area contributed by atoms with Crippen LogP contribution in [0.3, 0.4) is 0 Å². The fourth-order valence-electron chi connectivity index (χ4n) is 1.07. The van der Waals surface area contributed by atoms with E-state index in [1.807, 2.05) is 31.2 Å². The van der Waals surface area contributed by atoms with Gasteiger partial charge < -0.3 is 10.8 Å². The van der Waals surface area contributed by atoms with E-state index in [0.717, 1.165) is 5.56 Å². The highest BCUT2D eigenvalue weighted by Gasteiger charge is 2.10. The summed E-state index contributed by atoms with van der Waals surface area (Å²) >= 11 is 0. The normalized spacial score (nSPS) is 15.7. The topological polar surface area (TPSA) is 46.2 Å². The minimum Gasteiger partial charge on any atom is -0.387 e. The Bertz CT molecular complexity index is 241. The molecule has 0 aromatic heterocycles. The Labute approximate surface area is 73.0 Å². The zero-order valence-corrected chi connectivity index (χ0v) is 7.49. The molecule has 1 rings (SSSR count). The van der Waals surface area contributed by atoms with Crippen molar-refractivity contribution < 1.29 is 5.11 Å². The third-order valence-corrected chi connectivity index (χ3v) is 1.92. The fourth-order valence-corrected chi connectivity index (χ4v) is 1.07. The van der Waals surface area contributed by atoms with Crippen LogP contribution in [-0.4, -0.2) is 11.1 Å². The number of benzene rings is 1. The summed E-state index contributed by atoms with van der Waals surface area (Å²) in [7, 11) is 0. The van der Waals surface area contributed by atoms with Crippen molar-refractivity contribution >= 4 is 0 Å². The molecule has 0 aliphatic rings. The van der Waals surface area contributed by atoms with Crippen molar-refractivity contribution in [3.8, 4) is 0 Å². The predicted molar refractivity (Wildman–Crippen MR) is 49.8 cm³/mol. The first-order chi connectivity index (χ1) is 5.61. The molecular weight excluding hydrogens is 150 g/mol. The molecule has 0 saturated heterocycles. The highest BCUT2D eigenvalue weighted by Crippen LogP contribution is 2.15. The predicted octanol–water partition coefficient (Wildman–Crippen LogP) is 1.38. The van der Waals surface area contributed by atoms with Gasteiger partial charge >= 0.3 is 0 Å². The fraction of sp³-hybridized carbons (Fsp3) is 0.400. The van der Waals surface area contributed by atoms with Gasteiger partial charge in [-0.3, -0.25) is 0 Å². The minimum atomic E-state index is -0.550. The Morgan fingerprint density at radius 2 is 1.75 bits per heavy atom. The van der Waals surface area contributed by atoms with Crippen LogP contribution in [0.1, 0.15) is 24.2 Å². The van der Waals surface area contributed by atoms with Crippen molar-refractivity contribution in [1.29, 1.82) is 0 Å². The summed E-state index contributed by atoms with van der Waals surface area (Å²) < 4.78 is 0. The molecule has 0 amide bonds. The number of rotatable bonds is 2. The molecule has 3 N–H and O–H groups in total. The lowest BCUT2D eigenvalue weighted by Crippen LogP contribution is -2.24. The van der Waals surface area contributed by atoms with Gasteiger partial charge in [-0.25, -0.2) is 0 Å². The van der Waals surface area contributed by atoms with E-state index < -0.39 is 6.10 Å². The summed E-state index contributed by atoms with van der Waals surface area (Å²) in [6.45, 7) is 3.81. The van der Waals surface area contributed by atoms with E-state index in [9.17, 15) is 5.11 Å². The number of aliphatic hydroxyl groups excluding tert-OH is 1. The molecule has 2 nitrogen and oxygen atoms in total. The van der Waals surface area contributed by atoms with E-state index >= 15 is 0 Å². The van der Waals surface area contributed by atoms with Crippen LogP contribution >= 0.6 is 0 Å². The van der Waals surface area contributed by atoms with Crippen LogP contribution in [0.5, 0.6) is 0 Å². The lowest BCUT2D eigenvalue weighted by molar-refractivity contribution is 0.153. The van der Waals surface area contributed by atoms with E-state index in [4.69, 9.17) is 5.73 Å². The number of nitrogens with two attached hydrogens (primary N) is 1. The molecule has 1 aromatic rings. The van der Waals surface area contributed by atoms with Gasteiger partial charge in [-0.2, -0.15) is 0 Å². The largest absolute Gasteiger partial charge is 0.387 e. The van der Waals surface area contributed by atoms with Crippen LogP contribution in [0.4, 0.5) is 0 Å². The molecule has 0 heterocycles. The summed E-state index contributed by atoms with van der Waals surface area (Å²) in [6, 6.07) is 7.54. The number of hydrogen-bond acceptors (Lipinski definition) is 2. The molecule has 0 spiro atoms. The van der Waals surface area contributed by atoms with Gasteiger partial charge in [-0.15, -0.1) is 0 Å². The van der Waals surface area contributed by atoms with E-state index in [1.165, 1.54) is 5.56 Å². The number of hydrogen-bond donors (Lipinski definition) is 2. The van der Waals surface area contributed by atoms with E-state index in [2.05, 4.69) is 0 Å². The van der Waals surface area contributed by atoms with Gasteiger partial charge in [0.15, 0.2) is 0 Å². The van der Waals surface area contributed by atoms with E-state index in [-0.39, 0.29) is 6.04 Å². The second-order valence-electron chi connectivity index (χ2n) is 3.21. The Hall–Kier alpha value is -0.860. The molecule has 0 aliphatic heterocycles. The second-order valence-corrected chi connectivity index (χ2v) is 3.21. The van der Waals surface area contributed by atoms with Gasteiger partial charge in [0.1, 0.15) is 0 Å². The van der Waals surface area contributed by atoms with Gasteiger partial charge in [-0.05, 0) is 19.4 Å². The first kappa shape index (κ1) is 9.23. The Morgan fingerprint density at radius 1 is 1.25 bits per heavy atom. The summed E-state index contributed by atoms with van der Waals surface area (Å²) in [5, 5.41) is 9.56. The maximum Gasteiger partial charge on any atom is 0.0938 e. The van der Waals surface area contributed by atoms with Crippen molar-refractivity contribution in [2.75, 3.05) is 0 Å². The molecule has 1 aromatic carbocycles. The molecule has 0 bridgehead atoms. The maximum absolute atomic E-state index is 9.56. The second kappa shape index (κ2) is 3.70. The molecule has 12 heavy (non-hydrogen) atoms. The number of aryl methyl sites for hydroxylation is 1. The van der Waals surface area contributed by atoms with Crippen molar-refractivity contribution in [2.24, 2.45) is 5.73 Å². The monoisotopic (exact) mass is 165 g/mol. The van der Waals surface area contributed by atoms with Crippen LogP contribution in [0, 0.1) is 6.92 Å². The summed E-state index contributed by atoms with van der Waals surface area (Å²) in [5.41, 5.74) is 7.63. The van der Waals surface area contributed by atoms with Crippen LogP contribution in [0.15, 0.2) is 24.3 Å². The highest BCUT2D eigenvalue weighted by atomic mass is 16.3. The number of aliphatic hydroxyl groups is 1. The van der Waals surface area contributed by atoms with Crippen LogP contribution in [0.2, 0.25) is 0 Å². The van der Waals surface area contributed by atoms with Crippen molar-refractivity contribution in [3.05, 3.63) is 35.4 Å². The van der Waals surface area contributed by atoms with Crippen LogP contribution in [-0.2, 0) is 0 Å². The average molecular weight is 165 g/mol. The average Bonchev–Trinajstić information content (AvgIpc) is 2.04. The van der Waals surface area contributed by atoms with Crippen LogP contribution < -0.4 is 5.73 Å². The zero-order valence-electron chi connectivity index (χ0n) is 7.49. The summed E-state index contributed by atoms with van der Waals surface area (Å²) in [4.78, 5) is 0. The molecule has 0 radical (unpaired) electrons. The molecule has 2 atom stereocenters. The molecule has 1 unspecified atom stereocenters. The molecule has 66 valence electrons. The molecule has 0 saturated carbocycles. The SMILES string of the molecule is Cc1ccc([C@H](O)C(C)N)cc1. The smallest absolute Gasteiger partial charge is 0.0938 e. The van der Waals surface area contributed by atoms with Gasteiger partial charge in [0.05, 0.1) is 6.10 Å². The highest BCUT2D eigenvalue weighted by molar-refractivity contribution is 5.23. The quantitative estimate of drug-likeness (QED) is 0.695. The first-order valence-corrected chi connectivity index (χ1v) is 4.11. The minimum absolute atomic E-state index is 0.215. The Kier molecular flexibility index (Phi) is 2.84. The van der Waals surface area contributed by atoms with E-state index in [0.29, 0.717) is 0 Å². The third kappa shape index (κ3) is 2.06. The van der Waals surface area contributed by atoms with Crippen LogP contribution in [0.25, 0.3) is 0 Å². The first-order valence-electron chi connectivity index (χ1n) is 4.11. The van der Waals surface area contributed by atoms with Gasteiger partial charge in [0, 0.05) is 6.04 Å². The lowest BCUT2D eigenvalue weighted by Gasteiger charge is -2.14. The van der Waals surface area contributed by atoms with Gasteiger partial charge in [0.25, 0.3) is 0 Å². The molecule has 2 heteroatoms. The molecule has 0 fully saturated rings. The van der Waals surface area contributed by atoms with E-state index in [1.54, 1.807) is 6.92 Å². The third-order valence-electron chi connectivity index (χ3n) is 1.92. The van der Waals surface area contributed by atoms with Gasteiger partial charge in [0.2, 0.25) is 0 Å². The molecular formula is C10H15NO. The summed E-state index contributed by atoms with van der Waals surface area (Å²) in [6.07, 6.45) is -0.550. The standard InChI is InChI=1S/C10H15NO/c1-7-3-5-9(6-4-7)10(12)8(2)11/h3-6,8,10,12H,11H2,1-2H3/t8?,10-/m1/s1. The van der Waals surface area contributed by atoms with Gasteiger partial charge in [-0.1, -0.05) is 29.8 Å². The van der Waals surface area contributed by atoms with Crippen molar-refractivity contribution in [1.82, 2.24) is 0 Å².